The molecule has 3 rings (SSSR count). The molecule has 2 saturated heterocycles. The second kappa shape index (κ2) is 6.25. The number of piperidine rings is 1. The van der Waals surface area contributed by atoms with Crippen LogP contribution in [0.4, 0.5) is 0 Å². The van der Waals surface area contributed by atoms with Gasteiger partial charge in [-0.3, -0.25) is 4.79 Å². The number of carbonyl (C=O) groups is 1. The predicted octanol–water partition coefficient (Wildman–Crippen LogP) is 1.99. The Labute approximate surface area is 125 Å². The molecule has 2 N–H and O–H groups in total. The quantitative estimate of drug-likeness (QED) is 0.876. The first-order valence-electron chi connectivity index (χ1n) is 6.81. The van der Waals surface area contributed by atoms with E-state index in [1.165, 1.54) is 12.8 Å². The number of fused-ring (bicyclic) bond motifs is 2. The van der Waals surface area contributed by atoms with Gasteiger partial charge in [0.1, 0.15) is 0 Å². The molecule has 20 heavy (non-hydrogen) atoms. The molecule has 5 heteroatoms. The summed E-state index contributed by atoms with van der Waals surface area (Å²) in [5.41, 5.74) is 1.21. The molecule has 0 aliphatic carbocycles. The maximum atomic E-state index is 12.1. The minimum atomic E-state index is -0.0317. The number of halogens is 1. The Bertz CT molecular complexity index is 511. The molecule has 0 aromatic heterocycles. The Balaban J connectivity index is 0.00000147. The summed E-state index contributed by atoms with van der Waals surface area (Å²) in [5, 5.41) is 15.4. The maximum Gasteiger partial charge on any atom is 0.251 e. The lowest BCUT2D eigenvalue weighted by Gasteiger charge is -2.29. The summed E-state index contributed by atoms with van der Waals surface area (Å²) in [7, 11) is 0. The van der Waals surface area contributed by atoms with Gasteiger partial charge in [0, 0.05) is 23.7 Å². The highest BCUT2D eigenvalue weighted by Gasteiger charge is 2.33. The zero-order chi connectivity index (χ0) is 13.2. The van der Waals surface area contributed by atoms with Crippen molar-refractivity contribution in [3.63, 3.8) is 0 Å². The molecule has 0 spiro atoms. The van der Waals surface area contributed by atoms with Crippen LogP contribution in [-0.4, -0.2) is 24.0 Å². The van der Waals surface area contributed by atoms with Crippen molar-refractivity contribution in [1.29, 1.82) is 5.26 Å². The van der Waals surface area contributed by atoms with Crippen molar-refractivity contribution in [1.82, 2.24) is 10.6 Å². The van der Waals surface area contributed by atoms with Crippen molar-refractivity contribution in [3.05, 3.63) is 35.4 Å². The Hall–Kier alpha value is -1.57. The second-order valence-corrected chi connectivity index (χ2v) is 5.47. The first-order chi connectivity index (χ1) is 9.24. The van der Waals surface area contributed by atoms with Crippen LogP contribution in [-0.2, 0) is 0 Å². The van der Waals surface area contributed by atoms with Crippen LogP contribution in [0, 0.1) is 11.3 Å². The first-order valence-corrected chi connectivity index (χ1v) is 6.81. The number of nitrogens with one attached hydrogen (secondary N) is 2. The van der Waals surface area contributed by atoms with Crippen LogP contribution in [0.25, 0.3) is 0 Å². The van der Waals surface area contributed by atoms with Crippen molar-refractivity contribution in [3.8, 4) is 6.07 Å². The van der Waals surface area contributed by atoms with Crippen molar-refractivity contribution >= 4 is 18.3 Å². The van der Waals surface area contributed by atoms with E-state index in [2.05, 4.69) is 16.7 Å². The van der Waals surface area contributed by atoms with Gasteiger partial charge in [0.05, 0.1) is 11.6 Å². The van der Waals surface area contributed by atoms with E-state index in [-0.39, 0.29) is 24.4 Å². The molecule has 0 saturated carbocycles. The van der Waals surface area contributed by atoms with Crippen LogP contribution in [0.3, 0.4) is 0 Å². The number of benzene rings is 1. The minimum absolute atomic E-state index is 0. The lowest BCUT2D eigenvalue weighted by Crippen LogP contribution is -2.48. The first kappa shape index (κ1) is 14.8. The van der Waals surface area contributed by atoms with Gasteiger partial charge in [0.15, 0.2) is 0 Å². The van der Waals surface area contributed by atoms with Gasteiger partial charge in [0.2, 0.25) is 0 Å². The van der Waals surface area contributed by atoms with Crippen molar-refractivity contribution in [2.45, 2.75) is 43.8 Å². The molecule has 0 radical (unpaired) electrons. The van der Waals surface area contributed by atoms with Crippen LogP contribution in [0.1, 0.15) is 41.6 Å². The van der Waals surface area contributed by atoms with E-state index >= 15 is 0 Å². The van der Waals surface area contributed by atoms with E-state index in [1.807, 2.05) is 0 Å². The van der Waals surface area contributed by atoms with Gasteiger partial charge >= 0.3 is 0 Å². The molecule has 2 atom stereocenters. The minimum Gasteiger partial charge on any atom is -0.349 e. The number of hydrogen-bond donors (Lipinski definition) is 2. The molecule has 2 aliphatic heterocycles. The fraction of sp³-hybridized carbons (Fsp3) is 0.467. The van der Waals surface area contributed by atoms with Gasteiger partial charge in [-0.1, -0.05) is 0 Å². The number of nitrogens with zero attached hydrogens (tertiary/aromatic N) is 1. The average Bonchev–Trinajstić information content (AvgIpc) is 2.78. The number of rotatable bonds is 2. The molecular weight excluding hydrogens is 274 g/mol. The fourth-order valence-electron chi connectivity index (χ4n) is 3.14. The van der Waals surface area contributed by atoms with Gasteiger partial charge in [-0.05, 0) is 49.9 Å². The third-order valence-electron chi connectivity index (χ3n) is 4.08. The Morgan fingerprint density at radius 2 is 1.80 bits per heavy atom. The summed E-state index contributed by atoms with van der Waals surface area (Å²) in [5.74, 6) is -0.0317. The summed E-state index contributed by atoms with van der Waals surface area (Å²) in [6.07, 6.45) is 4.51. The highest BCUT2D eigenvalue weighted by Crippen LogP contribution is 2.26. The van der Waals surface area contributed by atoms with E-state index in [0.29, 0.717) is 23.2 Å². The van der Waals surface area contributed by atoms with Crippen LogP contribution in [0.5, 0.6) is 0 Å². The van der Waals surface area contributed by atoms with Crippen LogP contribution in [0.15, 0.2) is 24.3 Å². The highest BCUT2D eigenvalue weighted by molar-refractivity contribution is 5.94. The van der Waals surface area contributed by atoms with E-state index in [1.54, 1.807) is 24.3 Å². The lowest BCUT2D eigenvalue weighted by atomic mass is 9.99. The molecule has 1 amide bonds. The second-order valence-electron chi connectivity index (χ2n) is 5.47. The molecule has 1 aromatic carbocycles. The third kappa shape index (κ3) is 3.12. The Morgan fingerprint density at radius 1 is 1.20 bits per heavy atom. The summed E-state index contributed by atoms with van der Waals surface area (Å²) < 4.78 is 0. The van der Waals surface area contributed by atoms with Crippen molar-refractivity contribution in [2.24, 2.45) is 0 Å². The molecule has 4 nitrogen and oxygen atoms in total. The summed E-state index contributed by atoms with van der Waals surface area (Å²) >= 11 is 0. The maximum absolute atomic E-state index is 12.1. The average molecular weight is 292 g/mol. The predicted molar refractivity (Wildman–Crippen MR) is 78.8 cm³/mol. The Kier molecular flexibility index (Phi) is 4.64. The van der Waals surface area contributed by atoms with Crippen LogP contribution < -0.4 is 10.6 Å². The van der Waals surface area contributed by atoms with Crippen LogP contribution in [0.2, 0.25) is 0 Å². The Morgan fingerprint density at radius 3 is 2.35 bits per heavy atom. The standard InChI is InChI=1S/C15H17N3O.ClH/c16-9-10-1-3-11(4-2-10)15(19)18-14-7-12-5-6-13(8-14)17-12;/h1-4,12-14,17H,5-8H2,(H,18,19);1H. The largest absolute Gasteiger partial charge is 0.349 e. The summed E-state index contributed by atoms with van der Waals surface area (Å²) in [4.78, 5) is 12.1. The van der Waals surface area contributed by atoms with Crippen molar-refractivity contribution < 1.29 is 4.79 Å². The molecule has 2 fully saturated rings. The fourth-order valence-corrected chi connectivity index (χ4v) is 3.14. The molecule has 106 valence electrons. The SMILES string of the molecule is Cl.N#Cc1ccc(C(=O)NC2CC3CCC(C2)N3)cc1. The van der Waals surface area contributed by atoms with Gasteiger partial charge in [-0.25, -0.2) is 0 Å². The number of nitriles is 1. The van der Waals surface area contributed by atoms with Gasteiger partial charge in [-0.15, -0.1) is 12.4 Å². The number of carbonyl (C=O) groups excluding carboxylic acids is 1. The van der Waals surface area contributed by atoms with E-state index in [0.717, 1.165) is 12.8 Å². The van der Waals surface area contributed by atoms with Gasteiger partial charge < -0.3 is 10.6 Å². The normalized spacial score (nSPS) is 27.2. The molecule has 2 unspecified atom stereocenters. The summed E-state index contributed by atoms with van der Waals surface area (Å²) in [6, 6.07) is 10.3. The van der Waals surface area contributed by atoms with E-state index < -0.39 is 0 Å². The monoisotopic (exact) mass is 291 g/mol. The molecular formula is C15H18ClN3O. The number of amides is 1. The smallest absolute Gasteiger partial charge is 0.251 e. The van der Waals surface area contributed by atoms with E-state index in [9.17, 15) is 4.79 Å². The zero-order valence-electron chi connectivity index (χ0n) is 11.1. The van der Waals surface area contributed by atoms with E-state index in [4.69, 9.17) is 5.26 Å². The van der Waals surface area contributed by atoms with Crippen LogP contribution >= 0.6 is 12.4 Å². The molecule has 2 aliphatic rings. The topological polar surface area (TPSA) is 64.9 Å². The highest BCUT2D eigenvalue weighted by atomic mass is 35.5. The third-order valence-corrected chi connectivity index (χ3v) is 4.08. The lowest BCUT2D eigenvalue weighted by molar-refractivity contribution is 0.0924. The van der Waals surface area contributed by atoms with Crippen molar-refractivity contribution in [2.75, 3.05) is 0 Å². The number of hydrogen-bond acceptors (Lipinski definition) is 3. The zero-order valence-corrected chi connectivity index (χ0v) is 12.0. The van der Waals surface area contributed by atoms with Gasteiger partial charge in [-0.2, -0.15) is 5.26 Å². The van der Waals surface area contributed by atoms with Gasteiger partial charge in [0.25, 0.3) is 5.91 Å². The molecule has 2 bridgehead atoms. The molecule has 1 aromatic rings. The molecule has 2 heterocycles. The summed E-state index contributed by atoms with van der Waals surface area (Å²) in [6.45, 7) is 0.